The molecule has 108 valence electrons. The van der Waals surface area contributed by atoms with Crippen LogP contribution >= 0.6 is 0 Å². The fraction of sp³-hybridized carbons (Fsp3) is 0.294. The second-order valence-corrected chi connectivity index (χ2v) is 5.00. The van der Waals surface area contributed by atoms with Gasteiger partial charge in [-0.25, -0.2) is 4.98 Å². The van der Waals surface area contributed by atoms with Gasteiger partial charge in [-0.15, -0.1) is 0 Å². The Kier molecular flexibility index (Phi) is 4.91. The van der Waals surface area contributed by atoms with Crippen molar-refractivity contribution in [3.63, 3.8) is 0 Å². The van der Waals surface area contributed by atoms with E-state index in [-0.39, 0.29) is 6.04 Å². The van der Waals surface area contributed by atoms with Crippen LogP contribution in [0.1, 0.15) is 35.3 Å². The van der Waals surface area contributed by atoms with Crippen LogP contribution in [-0.4, -0.2) is 12.0 Å². The summed E-state index contributed by atoms with van der Waals surface area (Å²) < 4.78 is 5.92. The van der Waals surface area contributed by atoms with E-state index in [1.165, 1.54) is 5.56 Å². The molecule has 1 N–H and O–H groups in total. The molecule has 1 atom stereocenters. The Balaban J connectivity index is 2.18. The number of rotatable bonds is 5. The maximum absolute atomic E-state index is 8.87. The van der Waals surface area contributed by atoms with E-state index in [4.69, 9.17) is 10.00 Å². The minimum Gasteiger partial charge on any atom is -0.489 e. The third-order valence-electron chi connectivity index (χ3n) is 3.40. The molecule has 4 nitrogen and oxygen atoms in total. The Morgan fingerprint density at radius 3 is 2.86 bits per heavy atom. The number of nitrogens with one attached hydrogen (secondary N) is 1. The van der Waals surface area contributed by atoms with Gasteiger partial charge < -0.3 is 10.1 Å². The zero-order valence-corrected chi connectivity index (χ0v) is 12.6. The Labute approximate surface area is 125 Å². The highest BCUT2D eigenvalue weighted by Gasteiger charge is 2.10. The monoisotopic (exact) mass is 281 g/mol. The molecule has 0 aliphatic heterocycles. The topological polar surface area (TPSA) is 57.9 Å². The van der Waals surface area contributed by atoms with Crippen molar-refractivity contribution in [1.82, 2.24) is 10.3 Å². The molecule has 1 heterocycles. The molecular formula is C17H19N3O. The molecule has 0 saturated carbocycles. The van der Waals surface area contributed by atoms with E-state index >= 15 is 0 Å². The van der Waals surface area contributed by atoms with Crippen LogP contribution in [0.5, 0.6) is 5.75 Å². The molecule has 2 rings (SSSR count). The quantitative estimate of drug-likeness (QED) is 0.914. The summed E-state index contributed by atoms with van der Waals surface area (Å²) in [5.41, 5.74) is 3.68. The number of nitrogens with zero attached hydrogens (tertiary/aromatic N) is 2. The van der Waals surface area contributed by atoms with Crippen LogP contribution in [0.15, 0.2) is 36.5 Å². The first-order valence-corrected chi connectivity index (χ1v) is 6.89. The van der Waals surface area contributed by atoms with E-state index in [9.17, 15) is 0 Å². The SMILES string of the molecule is CNC(C)c1cc(C)ccc1OCc1ccnc(C#N)c1. The molecule has 0 radical (unpaired) electrons. The van der Waals surface area contributed by atoms with Crippen molar-refractivity contribution < 1.29 is 4.74 Å². The summed E-state index contributed by atoms with van der Waals surface area (Å²) in [6, 6.07) is 12.0. The molecule has 0 fully saturated rings. The summed E-state index contributed by atoms with van der Waals surface area (Å²) in [6.45, 7) is 4.59. The largest absolute Gasteiger partial charge is 0.489 e. The third-order valence-corrected chi connectivity index (χ3v) is 3.40. The van der Waals surface area contributed by atoms with Crippen LogP contribution in [-0.2, 0) is 6.61 Å². The van der Waals surface area contributed by atoms with Crippen LogP contribution in [0.3, 0.4) is 0 Å². The van der Waals surface area contributed by atoms with Gasteiger partial charge in [-0.1, -0.05) is 17.7 Å². The lowest BCUT2D eigenvalue weighted by molar-refractivity contribution is 0.300. The molecule has 2 aromatic rings. The predicted molar refractivity (Wildman–Crippen MR) is 81.9 cm³/mol. The lowest BCUT2D eigenvalue weighted by atomic mass is 10.0. The fourth-order valence-electron chi connectivity index (χ4n) is 2.08. The summed E-state index contributed by atoms with van der Waals surface area (Å²) in [5, 5.41) is 12.1. The van der Waals surface area contributed by atoms with Gasteiger partial charge in [0.15, 0.2) is 0 Å². The number of aryl methyl sites for hydroxylation is 1. The van der Waals surface area contributed by atoms with Crippen molar-refractivity contribution >= 4 is 0 Å². The number of benzene rings is 1. The van der Waals surface area contributed by atoms with E-state index in [1.807, 2.05) is 31.3 Å². The normalized spacial score (nSPS) is 11.7. The van der Waals surface area contributed by atoms with Crippen molar-refractivity contribution in [1.29, 1.82) is 5.26 Å². The number of nitriles is 1. The van der Waals surface area contributed by atoms with Gasteiger partial charge in [-0.2, -0.15) is 5.26 Å². The zero-order valence-electron chi connectivity index (χ0n) is 12.6. The van der Waals surface area contributed by atoms with Gasteiger partial charge in [0.1, 0.15) is 24.1 Å². The average Bonchev–Trinajstić information content (AvgIpc) is 2.53. The lowest BCUT2D eigenvalue weighted by Gasteiger charge is -2.17. The number of hydrogen-bond acceptors (Lipinski definition) is 4. The summed E-state index contributed by atoms with van der Waals surface area (Å²) in [4.78, 5) is 3.96. The fourth-order valence-corrected chi connectivity index (χ4v) is 2.08. The summed E-state index contributed by atoms with van der Waals surface area (Å²) in [6.07, 6.45) is 1.63. The minimum absolute atomic E-state index is 0.215. The van der Waals surface area contributed by atoms with Gasteiger partial charge in [0.25, 0.3) is 0 Å². The van der Waals surface area contributed by atoms with E-state index in [2.05, 4.69) is 30.2 Å². The van der Waals surface area contributed by atoms with Gasteiger partial charge >= 0.3 is 0 Å². The first kappa shape index (κ1) is 15.0. The van der Waals surface area contributed by atoms with Crippen LogP contribution in [0.2, 0.25) is 0 Å². The van der Waals surface area contributed by atoms with Gasteiger partial charge in [-0.05, 0) is 44.7 Å². The number of hydrogen-bond donors (Lipinski definition) is 1. The molecule has 0 aliphatic rings. The third kappa shape index (κ3) is 3.80. The molecule has 0 saturated heterocycles. The summed E-state index contributed by atoms with van der Waals surface area (Å²) in [5.74, 6) is 0.859. The van der Waals surface area contributed by atoms with Crippen molar-refractivity contribution in [2.24, 2.45) is 0 Å². The van der Waals surface area contributed by atoms with E-state index < -0.39 is 0 Å². The van der Waals surface area contributed by atoms with Crippen molar-refractivity contribution in [2.75, 3.05) is 7.05 Å². The highest BCUT2D eigenvalue weighted by Crippen LogP contribution is 2.27. The summed E-state index contributed by atoms with van der Waals surface area (Å²) in [7, 11) is 1.93. The van der Waals surface area contributed by atoms with Crippen molar-refractivity contribution in [3.8, 4) is 11.8 Å². The van der Waals surface area contributed by atoms with Gasteiger partial charge in [0.2, 0.25) is 0 Å². The zero-order chi connectivity index (χ0) is 15.2. The molecule has 1 aromatic carbocycles. The molecule has 21 heavy (non-hydrogen) atoms. The molecule has 0 amide bonds. The molecule has 0 spiro atoms. The Hall–Kier alpha value is -2.38. The highest BCUT2D eigenvalue weighted by atomic mass is 16.5. The molecule has 0 aliphatic carbocycles. The van der Waals surface area contributed by atoms with Crippen LogP contribution in [0, 0.1) is 18.3 Å². The number of pyridine rings is 1. The van der Waals surface area contributed by atoms with Crippen LogP contribution < -0.4 is 10.1 Å². The number of ether oxygens (including phenoxy) is 1. The first-order valence-electron chi connectivity index (χ1n) is 6.89. The highest BCUT2D eigenvalue weighted by molar-refractivity contribution is 5.39. The lowest BCUT2D eigenvalue weighted by Crippen LogP contribution is -2.14. The second kappa shape index (κ2) is 6.87. The first-order chi connectivity index (χ1) is 10.1. The van der Waals surface area contributed by atoms with Gasteiger partial charge in [0, 0.05) is 17.8 Å². The molecule has 4 heteroatoms. The maximum Gasteiger partial charge on any atom is 0.140 e. The van der Waals surface area contributed by atoms with E-state index in [0.717, 1.165) is 16.9 Å². The number of aromatic nitrogens is 1. The van der Waals surface area contributed by atoms with Gasteiger partial charge in [0.05, 0.1) is 0 Å². The minimum atomic E-state index is 0.215. The van der Waals surface area contributed by atoms with E-state index in [1.54, 1.807) is 12.3 Å². The molecule has 0 bridgehead atoms. The average molecular weight is 281 g/mol. The van der Waals surface area contributed by atoms with E-state index in [0.29, 0.717) is 12.3 Å². The Morgan fingerprint density at radius 2 is 2.14 bits per heavy atom. The Morgan fingerprint density at radius 1 is 1.33 bits per heavy atom. The standard InChI is InChI=1S/C17H19N3O/c1-12-4-5-17(16(8-12)13(2)19-3)21-11-14-6-7-20-15(9-14)10-18/h4-9,13,19H,11H2,1-3H3. The van der Waals surface area contributed by atoms with Crippen LogP contribution in [0.25, 0.3) is 0 Å². The maximum atomic E-state index is 8.87. The van der Waals surface area contributed by atoms with Crippen molar-refractivity contribution in [2.45, 2.75) is 26.5 Å². The molecular weight excluding hydrogens is 262 g/mol. The Bertz CT molecular complexity index is 661. The summed E-state index contributed by atoms with van der Waals surface area (Å²) >= 11 is 0. The van der Waals surface area contributed by atoms with Crippen molar-refractivity contribution in [3.05, 3.63) is 58.9 Å². The van der Waals surface area contributed by atoms with Crippen LogP contribution in [0.4, 0.5) is 0 Å². The predicted octanol–water partition coefficient (Wildman–Crippen LogP) is 3.12. The molecule has 1 unspecified atom stereocenters. The van der Waals surface area contributed by atoms with Gasteiger partial charge in [-0.3, -0.25) is 0 Å². The second-order valence-electron chi connectivity index (χ2n) is 5.00. The smallest absolute Gasteiger partial charge is 0.140 e. The molecule has 1 aromatic heterocycles.